The van der Waals surface area contributed by atoms with Crippen LogP contribution in [-0.4, -0.2) is 39.9 Å². The number of benzene rings is 1. The van der Waals surface area contributed by atoms with Gasteiger partial charge in [-0.25, -0.2) is 4.79 Å². The van der Waals surface area contributed by atoms with Crippen LogP contribution < -0.4 is 5.32 Å². The Bertz CT molecular complexity index is 824. The molecule has 0 aliphatic heterocycles. The van der Waals surface area contributed by atoms with E-state index in [2.05, 4.69) is 11.4 Å². The summed E-state index contributed by atoms with van der Waals surface area (Å²) < 4.78 is 0. The molecule has 0 bridgehead atoms. The van der Waals surface area contributed by atoms with Crippen molar-refractivity contribution in [3.8, 4) is 0 Å². The average Bonchev–Trinajstić information content (AvgIpc) is 3.24. The third-order valence-corrected chi connectivity index (χ3v) is 6.42. The molecule has 1 aromatic heterocycles. The number of rotatable bonds is 7. The number of thiophene rings is 1. The van der Waals surface area contributed by atoms with Gasteiger partial charge in [0.05, 0.1) is 6.54 Å². The van der Waals surface area contributed by atoms with E-state index in [0.29, 0.717) is 13.1 Å². The maximum atomic E-state index is 13.5. The van der Waals surface area contributed by atoms with Crippen molar-refractivity contribution >= 4 is 23.3 Å². The lowest BCUT2D eigenvalue weighted by Gasteiger charge is -2.37. The molecule has 2 aromatic rings. The Hall–Kier alpha value is -2.34. The van der Waals surface area contributed by atoms with Crippen molar-refractivity contribution in [1.82, 2.24) is 15.1 Å². The number of nitrogens with one attached hydrogen (secondary N) is 1. The summed E-state index contributed by atoms with van der Waals surface area (Å²) in [6.45, 7) is 7.14. The number of hydrogen-bond acceptors (Lipinski definition) is 3. The van der Waals surface area contributed by atoms with Crippen LogP contribution in [0.2, 0.25) is 0 Å². The first kappa shape index (κ1) is 23.3. The number of urea groups is 1. The van der Waals surface area contributed by atoms with E-state index in [0.717, 1.165) is 36.1 Å². The highest BCUT2D eigenvalue weighted by atomic mass is 32.1. The molecule has 1 heterocycles. The first-order valence-corrected chi connectivity index (χ1v) is 12.1. The molecule has 0 spiro atoms. The molecule has 3 amide bonds. The van der Waals surface area contributed by atoms with Gasteiger partial charge in [0, 0.05) is 23.0 Å². The molecule has 1 fully saturated rings. The van der Waals surface area contributed by atoms with Crippen LogP contribution in [0.15, 0.2) is 47.8 Å². The minimum atomic E-state index is -0.340. The van der Waals surface area contributed by atoms with E-state index in [9.17, 15) is 9.59 Å². The van der Waals surface area contributed by atoms with Crippen molar-refractivity contribution in [2.24, 2.45) is 0 Å². The highest BCUT2D eigenvalue weighted by Crippen LogP contribution is 2.24. The van der Waals surface area contributed by atoms with Gasteiger partial charge in [-0.05, 0) is 50.6 Å². The maximum Gasteiger partial charge on any atom is 0.318 e. The third-order valence-electron chi connectivity index (χ3n) is 5.56. The summed E-state index contributed by atoms with van der Waals surface area (Å²) in [5.74, 6) is -0.00751. The van der Waals surface area contributed by atoms with Crippen LogP contribution in [0.4, 0.5) is 4.79 Å². The van der Waals surface area contributed by atoms with Crippen molar-refractivity contribution in [2.75, 3.05) is 6.54 Å². The Morgan fingerprint density at radius 3 is 2.32 bits per heavy atom. The van der Waals surface area contributed by atoms with Crippen LogP contribution in [0, 0.1) is 0 Å². The smallest absolute Gasteiger partial charge is 0.318 e. The van der Waals surface area contributed by atoms with E-state index in [1.54, 1.807) is 16.2 Å². The molecule has 3 rings (SSSR count). The molecule has 31 heavy (non-hydrogen) atoms. The molecule has 1 aliphatic rings. The van der Waals surface area contributed by atoms with E-state index in [-0.39, 0.29) is 30.1 Å². The van der Waals surface area contributed by atoms with Gasteiger partial charge in [-0.1, -0.05) is 55.7 Å². The van der Waals surface area contributed by atoms with E-state index in [4.69, 9.17) is 0 Å². The van der Waals surface area contributed by atoms with Crippen LogP contribution in [0.25, 0.3) is 0 Å². The largest absolute Gasteiger partial charge is 0.333 e. The van der Waals surface area contributed by atoms with Gasteiger partial charge >= 0.3 is 6.03 Å². The minimum Gasteiger partial charge on any atom is -0.333 e. The minimum absolute atomic E-state index is 0.00751. The van der Waals surface area contributed by atoms with Crippen molar-refractivity contribution in [1.29, 1.82) is 0 Å². The Kier molecular flexibility index (Phi) is 8.13. The fourth-order valence-electron chi connectivity index (χ4n) is 4.02. The second-order valence-corrected chi connectivity index (χ2v) is 10.4. The third kappa shape index (κ3) is 7.39. The van der Waals surface area contributed by atoms with Gasteiger partial charge < -0.3 is 15.1 Å². The Balaban J connectivity index is 1.78. The topological polar surface area (TPSA) is 52.7 Å². The fraction of sp³-hybridized carbons (Fsp3) is 0.520. The van der Waals surface area contributed by atoms with Gasteiger partial charge in [0.1, 0.15) is 6.54 Å². The van der Waals surface area contributed by atoms with Crippen LogP contribution in [-0.2, 0) is 17.9 Å². The predicted molar refractivity (Wildman–Crippen MR) is 127 cm³/mol. The van der Waals surface area contributed by atoms with Gasteiger partial charge in [0.15, 0.2) is 0 Å². The molecule has 0 radical (unpaired) electrons. The van der Waals surface area contributed by atoms with Gasteiger partial charge in [0.2, 0.25) is 5.91 Å². The van der Waals surface area contributed by atoms with E-state index >= 15 is 0 Å². The lowest BCUT2D eigenvalue weighted by atomic mass is 9.94. The Morgan fingerprint density at radius 1 is 1.00 bits per heavy atom. The van der Waals surface area contributed by atoms with Crippen LogP contribution in [0.5, 0.6) is 0 Å². The van der Waals surface area contributed by atoms with Crippen molar-refractivity contribution < 1.29 is 9.59 Å². The van der Waals surface area contributed by atoms with Crippen molar-refractivity contribution in [2.45, 2.75) is 77.5 Å². The monoisotopic (exact) mass is 441 g/mol. The Morgan fingerprint density at radius 2 is 1.71 bits per heavy atom. The lowest BCUT2D eigenvalue weighted by molar-refractivity contribution is -0.133. The van der Waals surface area contributed by atoms with Crippen molar-refractivity contribution in [3.05, 3.63) is 58.3 Å². The highest BCUT2D eigenvalue weighted by molar-refractivity contribution is 7.09. The number of hydrogen-bond donors (Lipinski definition) is 1. The molecule has 0 saturated heterocycles. The molecule has 5 nitrogen and oxygen atoms in total. The summed E-state index contributed by atoms with van der Waals surface area (Å²) in [5.41, 5.74) is 0.754. The molecule has 6 heteroatoms. The number of carbonyl (C=O) groups is 2. The second-order valence-electron chi connectivity index (χ2n) is 9.41. The zero-order chi connectivity index (χ0) is 22.3. The van der Waals surface area contributed by atoms with Crippen molar-refractivity contribution in [3.63, 3.8) is 0 Å². The summed E-state index contributed by atoms with van der Waals surface area (Å²) in [6, 6.07) is 14.1. The van der Waals surface area contributed by atoms with Gasteiger partial charge in [-0.3, -0.25) is 4.79 Å². The number of carbonyl (C=O) groups excluding carboxylic acids is 2. The Labute approximate surface area is 190 Å². The van der Waals surface area contributed by atoms with E-state index < -0.39 is 0 Å². The number of nitrogens with zero attached hydrogens (tertiary/aromatic N) is 2. The van der Waals surface area contributed by atoms with Gasteiger partial charge in [-0.15, -0.1) is 11.3 Å². The average molecular weight is 442 g/mol. The SMILES string of the molecule is CC(C)(C)NC(=O)N(CC(=O)N(Cc1ccccc1)Cc1cccs1)C1CCCCC1. The standard InChI is InChI=1S/C25H35N3O2S/c1-25(2,3)26-24(30)28(21-13-8-5-9-14-21)19-23(29)27(18-22-15-10-16-31-22)17-20-11-6-4-7-12-20/h4,6-7,10-12,15-16,21H,5,8-9,13-14,17-19H2,1-3H3,(H,26,30). The molecule has 1 saturated carbocycles. The fourth-order valence-corrected chi connectivity index (χ4v) is 4.74. The summed E-state index contributed by atoms with van der Waals surface area (Å²) >= 11 is 1.65. The van der Waals surface area contributed by atoms with Crippen LogP contribution >= 0.6 is 11.3 Å². The summed E-state index contributed by atoms with van der Waals surface area (Å²) in [6.07, 6.45) is 5.36. The highest BCUT2D eigenvalue weighted by Gasteiger charge is 2.30. The zero-order valence-corrected chi connectivity index (χ0v) is 19.8. The molecular weight excluding hydrogens is 406 g/mol. The molecule has 0 atom stereocenters. The van der Waals surface area contributed by atoms with Gasteiger partial charge in [-0.2, -0.15) is 0 Å². The predicted octanol–water partition coefficient (Wildman–Crippen LogP) is 5.42. The summed E-state index contributed by atoms with van der Waals surface area (Å²) in [7, 11) is 0. The van der Waals surface area contributed by atoms with Gasteiger partial charge in [0.25, 0.3) is 0 Å². The zero-order valence-electron chi connectivity index (χ0n) is 19.0. The normalized spacial score (nSPS) is 14.8. The number of amides is 3. The molecule has 168 valence electrons. The second kappa shape index (κ2) is 10.8. The molecule has 1 N–H and O–H groups in total. The van der Waals surface area contributed by atoms with E-state index in [1.165, 1.54) is 6.42 Å². The first-order chi connectivity index (χ1) is 14.8. The first-order valence-electron chi connectivity index (χ1n) is 11.2. The van der Waals surface area contributed by atoms with Crippen LogP contribution in [0.3, 0.4) is 0 Å². The van der Waals surface area contributed by atoms with E-state index in [1.807, 2.05) is 67.4 Å². The summed E-state index contributed by atoms with van der Waals surface area (Å²) in [4.78, 5) is 31.5. The molecule has 1 aromatic carbocycles. The summed E-state index contributed by atoms with van der Waals surface area (Å²) in [5, 5.41) is 5.11. The molecule has 0 unspecified atom stereocenters. The van der Waals surface area contributed by atoms with Crippen LogP contribution in [0.1, 0.15) is 63.3 Å². The molecule has 1 aliphatic carbocycles. The quantitative estimate of drug-likeness (QED) is 0.624. The maximum absolute atomic E-state index is 13.5. The lowest BCUT2D eigenvalue weighted by Crippen LogP contribution is -2.55. The molecular formula is C25H35N3O2S.